The third kappa shape index (κ3) is 4.89. The van der Waals surface area contributed by atoms with E-state index in [1.807, 2.05) is 19.1 Å². The topological polar surface area (TPSA) is 79.3 Å². The van der Waals surface area contributed by atoms with Crippen LogP contribution >= 0.6 is 11.3 Å². The molecule has 1 amide bonds. The Morgan fingerprint density at radius 2 is 1.84 bits per heavy atom. The SMILES string of the molecule is Cc1nc(C(C)(C)C)sc1C(=O)Nc1ccc(CC(C)C(=O)O)cc1. The number of benzene rings is 1. The summed E-state index contributed by atoms with van der Waals surface area (Å²) in [6.45, 7) is 9.74. The molecule has 0 aliphatic carbocycles. The molecule has 5 nitrogen and oxygen atoms in total. The Hall–Kier alpha value is -2.21. The summed E-state index contributed by atoms with van der Waals surface area (Å²) in [5.41, 5.74) is 2.26. The lowest BCUT2D eigenvalue weighted by Crippen LogP contribution is -2.13. The van der Waals surface area contributed by atoms with Crippen LogP contribution in [0.3, 0.4) is 0 Å². The Kier molecular flexibility index (Phi) is 5.62. The van der Waals surface area contributed by atoms with E-state index < -0.39 is 11.9 Å². The molecule has 2 aromatic rings. The third-order valence-corrected chi connectivity index (χ3v) is 5.40. The number of anilines is 1. The van der Waals surface area contributed by atoms with Crippen molar-refractivity contribution in [2.24, 2.45) is 5.92 Å². The van der Waals surface area contributed by atoms with Crippen molar-refractivity contribution in [2.45, 2.75) is 46.5 Å². The summed E-state index contributed by atoms with van der Waals surface area (Å²) in [7, 11) is 0. The van der Waals surface area contributed by atoms with E-state index in [9.17, 15) is 9.59 Å². The number of carbonyl (C=O) groups excluding carboxylic acids is 1. The van der Waals surface area contributed by atoms with Gasteiger partial charge in [0.25, 0.3) is 5.91 Å². The Morgan fingerprint density at radius 3 is 2.32 bits per heavy atom. The van der Waals surface area contributed by atoms with Gasteiger partial charge in [0.2, 0.25) is 0 Å². The Labute approximate surface area is 152 Å². The number of thiazole rings is 1. The van der Waals surface area contributed by atoms with Crippen LogP contribution in [0.25, 0.3) is 0 Å². The fourth-order valence-electron chi connectivity index (χ4n) is 2.28. The number of nitrogens with zero attached hydrogens (tertiary/aromatic N) is 1. The fourth-order valence-corrected chi connectivity index (χ4v) is 3.30. The summed E-state index contributed by atoms with van der Waals surface area (Å²) in [6, 6.07) is 7.27. The second kappa shape index (κ2) is 7.35. The van der Waals surface area contributed by atoms with Gasteiger partial charge in [0.05, 0.1) is 16.6 Å². The predicted octanol–water partition coefficient (Wildman–Crippen LogP) is 4.26. The van der Waals surface area contributed by atoms with E-state index in [2.05, 4.69) is 31.1 Å². The smallest absolute Gasteiger partial charge is 0.306 e. The van der Waals surface area contributed by atoms with Gasteiger partial charge >= 0.3 is 5.97 Å². The molecule has 2 rings (SSSR count). The minimum absolute atomic E-state index is 0.0869. The second-order valence-electron chi connectivity index (χ2n) is 7.28. The number of hydrogen-bond acceptors (Lipinski definition) is 4. The first-order chi connectivity index (χ1) is 11.6. The molecule has 2 N–H and O–H groups in total. The van der Waals surface area contributed by atoms with E-state index in [-0.39, 0.29) is 11.3 Å². The van der Waals surface area contributed by atoms with Crippen molar-refractivity contribution in [1.82, 2.24) is 4.98 Å². The number of amides is 1. The molecular formula is C19H24N2O3S. The first kappa shape index (κ1) is 19.1. The molecule has 0 aliphatic heterocycles. The molecule has 134 valence electrons. The predicted molar refractivity (Wildman–Crippen MR) is 100 cm³/mol. The van der Waals surface area contributed by atoms with Crippen LogP contribution in [0.5, 0.6) is 0 Å². The zero-order valence-corrected chi connectivity index (χ0v) is 16.0. The van der Waals surface area contributed by atoms with Gasteiger partial charge in [-0.15, -0.1) is 11.3 Å². The third-order valence-electron chi connectivity index (χ3n) is 3.82. The number of carbonyl (C=O) groups is 2. The molecule has 0 aliphatic rings. The number of rotatable bonds is 5. The van der Waals surface area contributed by atoms with Gasteiger partial charge in [0, 0.05) is 11.1 Å². The largest absolute Gasteiger partial charge is 0.481 e. The fraction of sp³-hybridized carbons (Fsp3) is 0.421. The first-order valence-electron chi connectivity index (χ1n) is 8.19. The molecule has 0 saturated carbocycles. The van der Waals surface area contributed by atoms with Crippen molar-refractivity contribution in [3.8, 4) is 0 Å². The highest BCUT2D eigenvalue weighted by Gasteiger charge is 2.23. The highest BCUT2D eigenvalue weighted by atomic mass is 32.1. The summed E-state index contributed by atoms with van der Waals surface area (Å²) in [4.78, 5) is 28.6. The molecule has 1 aromatic carbocycles. The Balaban J connectivity index is 2.08. The highest BCUT2D eigenvalue weighted by molar-refractivity contribution is 7.14. The van der Waals surface area contributed by atoms with Crippen LogP contribution in [0.4, 0.5) is 5.69 Å². The molecule has 0 radical (unpaired) electrons. The molecule has 0 bridgehead atoms. The maximum absolute atomic E-state index is 12.5. The van der Waals surface area contributed by atoms with Gasteiger partial charge in [0.1, 0.15) is 4.88 Å². The van der Waals surface area contributed by atoms with E-state index in [4.69, 9.17) is 5.11 Å². The molecule has 1 aromatic heterocycles. The van der Waals surface area contributed by atoms with Crippen molar-refractivity contribution in [1.29, 1.82) is 0 Å². The van der Waals surface area contributed by atoms with Crippen LogP contribution in [0, 0.1) is 12.8 Å². The lowest BCUT2D eigenvalue weighted by Gasteiger charge is -2.13. The van der Waals surface area contributed by atoms with Crippen LogP contribution < -0.4 is 5.32 Å². The average Bonchev–Trinajstić information content (AvgIpc) is 2.91. The van der Waals surface area contributed by atoms with Gasteiger partial charge in [-0.25, -0.2) is 4.98 Å². The van der Waals surface area contributed by atoms with Gasteiger partial charge in [-0.05, 0) is 31.0 Å². The molecule has 0 fully saturated rings. The summed E-state index contributed by atoms with van der Waals surface area (Å²) in [6.07, 6.45) is 0.465. The first-order valence-corrected chi connectivity index (χ1v) is 9.00. The number of aliphatic carboxylic acids is 1. The van der Waals surface area contributed by atoms with Gasteiger partial charge in [0.15, 0.2) is 0 Å². The summed E-state index contributed by atoms with van der Waals surface area (Å²) in [5, 5.41) is 12.8. The maximum Gasteiger partial charge on any atom is 0.306 e. The van der Waals surface area contributed by atoms with Crippen LogP contribution in [0.2, 0.25) is 0 Å². The lowest BCUT2D eigenvalue weighted by molar-refractivity contribution is -0.141. The van der Waals surface area contributed by atoms with Crippen LogP contribution in [-0.2, 0) is 16.6 Å². The van der Waals surface area contributed by atoms with Gasteiger partial charge in [-0.2, -0.15) is 0 Å². The molecule has 6 heteroatoms. The van der Waals surface area contributed by atoms with Crippen molar-refractivity contribution in [2.75, 3.05) is 5.32 Å². The van der Waals surface area contributed by atoms with Crippen LogP contribution in [0.1, 0.15) is 53.6 Å². The quantitative estimate of drug-likeness (QED) is 0.835. The summed E-state index contributed by atoms with van der Waals surface area (Å²) >= 11 is 1.42. The van der Waals surface area contributed by atoms with Gasteiger partial charge in [-0.1, -0.05) is 39.8 Å². The van der Waals surface area contributed by atoms with E-state index in [1.54, 1.807) is 19.1 Å². The lowest BCUT2D eigenvalue weighted by atomic mass is 9.98. The van der Waals surface area contributed by atoms with Crippen molar-refractivity contribution < 1.29 is 14.7 Å². The molecule has 1 atom stereocenters. The van der Waals surface area contributed by atoms with Gasteiger partial charge in [-0.3, -0.25) is 9.59 Å². The van der Waals surface area contributed by atoms with Gasteiger partial charge < -0.3 is 10.4 Å². The van der Waals surface area contributed by atoms with E-state index in [0.29, 0.717) is 17.0 Å². The molecule has 1 unspecified atom stereocenters. The minimum Gasteiger partial charge on any atom is -0.481 e. The molecule has 25 heavy (non-hydrogen) atoms. The van der Waals surface area contributed by atoms with E-state index >= 15 is 0 Å². The number of aromatic nitrogens is 1. The Bertz CT molecular complexity index is 773. The second-order valence-corrected chi connectivity index (χ2v) is 8.28. The summed E-state index contributed by atoms with van der Waals surface area (Å²) in [5.74, 6) is -1.42. The number of aryl methyl sites for hydroxylation is 1. The molecular weight excluding hydrogens is 336 g/mol. The van der Waals surface area contributed by atoms with Crippen molar-refractivity contribution in [3.63, 3.8) is 0 Å². The number of carboxylic acids is 1. The number of nitrogens with one attached hydrogen (secondary N) is 1. The average molecular weight is 360 g/mol. The normalized spacial score (nSPS) is 12.7. The van der Waals surface area contributed by atoms with Crippen molar-refractivity contribution in [3.05, 3.63) is 45.4 Å². The monoisotopic (exact) mass is 360 g/mol. The zero-order valence-electron chi connectivity index (χ0n) is 15.2. The minimum atomic E-state index is -0.812. The number of carboxylic acid groups (broad SMARTS) is 1. The summed E-state index contributed by atoms with van der Waals surface area (Å²) < 4.78 is 0. The highest BCUT2D eigenvalue weighted by Crippen LogP contribution is 2.29. The van der Waals surface area contributed by atoms with Crippen molar-refractivity contribution >= 4 is 28.9 Å². The van der Waals surface area contributed by atoms with Crippen LogP contribution in [0.15, 0.2) is 24.3 Å². The molecule has 0 saturated heterocycles. The van der Waals surface area contributed by atoms with E-state index in [1.165, 1.54) is 11.3 Å². The maximum atomic E-state index is 12.5. The molecule has 1 heterocycles. The van der Waals surface area contributed by atoms with E-state index in [0.717, 1.165) is 16.3 Å². The number of hydrogen-bond donors (Lipinski definition) is 2. The standard InChI is InChI=1S/C19H24N2O3S/c1-11(17(23)24)10-13-6-8-14(9-7-13)21-16(22)15-12(2)20-18(25-15)19(3,4)5/h6-9,11H,10H2,1-5H3,(H,21,22)(H,23,24). The zero-order chi connectivity index (χ0) is 18.8. The Morgan fingerprint density at radius 1 is 1.24 bits per heavy atom. The molecule has 0 spiro atoms. The van der Waals surface area contributed by atoms with Crippen LogP contribution in [-0.4, -0.2) is 22.0 Å².